The van der Waals surface area contributed by atoms with Crippen LogP contribution in [0.4, 0.5) is 0 Å². The summed E-state index contributed by atoms with van der Waals surface area (Å²) in [7, 11) is -4.14. The molecule has 0 radical (unpaired) electrons. The molecule has 2 rings (SSSR count). The molecular formula is C10H9NO3S. The molecule has 0 aliphatic rings. The first-order chi connectivity index (χ1) is 6.97. The van der Waals surface area contributed by atoms with Gasteiger partial charge in [0.2, 0.25) is 0 Å². The summed E-state index contributed by atoms with van der Waals surface area (Å²) in [5.74, 6) is 0. The van der Waals surface area contributed by atoms with Gasteiger partial charge >= 0.3 is 0 Å². The van der Waals surface area contributed by atoms with E-state index in [1.165, 1.54) is 12.1 Å². The number of hydrogen-bond donors (Lipinski definition) is 1. The lowest BCUT2D eigenvalue weighted by Gasteiger charge is -2.01. The van der Waals surface area contributed by atoms with E-state index >= 15 is 0 Å². The minimum Gasteiger partial charge on any atom is -0.282 e. The Bertz CT molecular complexity index is 620. The second-order valence-corrected chi connectivity index (χ2v) is 4.76. The van der Waals surface area contributed by atoms with Crippen molar-refractivity contribution in [3.05, 3.63) is 36.0 Å². The van der Waals surface area contributed by atoms with Crippen molar-refractivity contribution < 1.29 is 13.0 Å². The highest BCUT2D eigenvalue weighted by Crippen LogP contribution is 2.17. The van der Waals surface area contributed by atoms with Gasteiger partial charge < -0.3 is 0 Å². The van der Waals surface area contributed by atoms with Crippen LogP contribution >= 0.6 is 0 Å². The molecule has 2 aromatic rings. The quantitative estimate of drug-likeness (QED) is 0.748. The first-order valence-electron chi connectivity index (χ1n) is 4.31. The fraction of sp³-hybridized carbons (Fsp3) is 0.100. The van der Waals surface area contributed by atoms with Crippen LogP contribution < -0.4 is 0 Å². The second kappa shape index (κ2) is 3.29. The average molecular weight is 223 g/mol. The van der Waals surface area contributed by atoms with E-state index in [1.807, 2.05) is 13.0 Å². The van der Waals surface area contributed by atoms with Crippen LogP contribution in [0, 0.1) is 6.92 Å². The third kappa shape index (κ3) is 1.98. The number of nitrogens with zero attached hydrogens (tertiary/aromatic N) is 1. The van der Waals surface area contributed by atoms with Crippen molar-refractivity contribution in [2.75, 3.05) is 0 Å². The van der Waals surface area contributed by atoms with Crippen molar-refractivity contribution in [2.45, 2.75) is 11.8 Å². The van der Waals surface area contributed by atoms with E-state index in [-0.39, 0.29) is 4.90 Å². The summed E-state index contributed by atoms with van der Waals surface area (Å²) in [6, 6.07) is 6.23. The van der Waals surface area contributed by atoms with Gasteiger partial charge in [0.15, 0.2) is 0 Å². The standard InChI is InChI=1S/C10H9NO3S/c1-7-4-8-2-3-9(15(12,13)14)5-10(8)11-6-7/h2-6H,1H3,(H,12,13,14). The van der Waals surface area contributed by atoms with Crippen molar-refractivity contribution in [1.82, 2.24) is 4.98 Å². The molecule has 15 heavy (non-hydrogen) atoms. The molecule has 0 aliphatic heterocycles. The summed E-state index contributed by atoms with van der Waals surface area (Å²) in [6.07, 6.45) is 1.65. The van der Waals surface area contributed by atoms with Gasteiger partial charge in [-0.1, -0.05) is 6.07 Å². The SMILES string of the molecule is Cc1cnc2cc(S(=O)(=O)O)ccc2c1. The molecule has 0 amide bonds. The van der Waals surface area contributed by atoms with E-state index in [0.717, 1.165) is 10.9 Å². The van der Waals surface area contributed by atoms with Crippen LogP contribution in [-0.4, -0.2) is 18.0 Å². The predicted octanol–water partition coefficient (Wildman–Crippen LogP) is 1.79. The minimum absolute atomic E-state index is 0.133. The molecule has 5 heteroatoms. The van der Waals surface area contributed by atoms with Crippen LogP contribution in [-0.2, 0) is 10.1 Å². The summed E-state index contributed by atoms with van der Waals surface area (Å²) in [6.45, 7) is 1.91. The highest BCUT2D eigenvalue weighted by Gasteiger charge is 2.09. The number of rotatable bonds is 1. The van der Waals surface area contributed by atoms with Gasteiger partial charge in [-0.25, -0.2) is 0 Å². The van der Waals surface area contributed by atoms with Gasteiger partial charge in [0.05, 0.1) is 10.4 Å². The molecule has 4 nitrogen and oxygen atoms in total. The number of aromatic nitrogens is 1. The number of hydrogen-bond acceptors (Lipinski definition) is 3. The maximum Gasteiger partial charge on any atom is 0.294 e. The summed E-state index contributed by atoms with van der Waals surface area (Å²) < 4.78 is 30.6. The predicted molar refractivity (Wildman–Crippen MR) is 56.3 cm³/mol. The Balaban J connectivity index is 2.73. The molecule has 0 aliphatic carbocycles. The monoisotopic (exact) mass is 223 g/mol. The van der Waals surface area contributed by atoms with Gasteiger partial charge in [-0.15, -0.1) is 0 Å². The number of benzene rings is 1. The smallest absolute Gasteiger partial charge is 0.282 e. The summed E-state index contributed by atoms with van der Waals surface area (Å²) in [5, 5.41) is 0.849. The lowest BCUT2D eigenvalue weighted by atomic mass is 10.2. The normalized spacial score (nSPS) is 11.9. The Labute approximate surface area is 87.3 Å². The zero-order valence-electron chi connectivity index (χ0n) is 8.01. The van der Waals surface area contributed by atoms with Crippen LogP contribution in [0.3, 0.4) is 0 Å². The molecule has 0 saturated carbocycles. The zero-order chi connectivity index (χ0) is 11.1. The topological polar surface area (TPSA) is 67.3 Å². The molecule has 78 valence electrons. The van der Waals surface area contributed by atoms with Gasteiger partial charge in [-0.3, -0.25) is 9.54 Å². The molecular weight excluding hydrogens is 214 g/mol. The fourth-order valence-corrected chi connectivity index (χ4v) is 1.87. The van der Waals surface area contributed by atoms with E-state index in [9.17, 15) is 8.42 Å². The van der Waals surface area contributed by atoms with Gasteiger partial charge in [0.1, 0.15) is 0 Å². The van der Waals surface area contributed by atoms with E-state index in [2.05, 4.69) is 4.98 Å². The number of aryl methyl sites for hydroxylation is 1. The molecule has 0 unspecified atom stereocenters. The summed E-state index contributed by atoms with van der Waals surface area (Å²) in [4.78, 5) is 3.95. The zero-order valence-corrected chi connectivity index (χ0v) is 8.82. The van der Waals surface area contributed by atoms with E-state index in [0.29, 0.717) is 5.52 Å². The first kappa shape index (κ1) is 10.1. The Morgan fingerprint density at radius 3 is 2.67 bits per heavy atom. The first-order valence-corrected chi connectivity index (χ1v) is 5.75. The van der Waals surface area contributed by atoms with Crippen LogP contribution in [0.15, 0.2) is 35.4 Å². The van der Waals surface area contributed by atoms with Gasteiger partial charge in [0, 0.05) is 11.6 Å². The Morgan fingerprint density at radius 1 is 1.27 bits per heavy atom. The molecule has 0 saturated heterocycles. The van der Waals surface area contributed by atoms with Gasteiger partial charge in [-0.2, -0.15) is 8.42 Å². The van der Waals surface area contributed by atoms with E-state index in [4.69, 9.17) is 4.55 Å². The maximum absolute atomic E-state index is 10.9. The molecule has 0 fully saturated rings. The average Bonchev–Trinajstić information content (AvgIpc) is 2.15. The molecule has 1 aromatic heterocycles. The molecule has 1 heterocycles. The molecule has 0 spiro atoms. The van der Waals surface area contributed by atoms with Crippen molar-refractivity contribution in [1.29, 1.82) is 0 Å². The molecule has 1 N–H and O–H groups in total. The second-order valence-electron chi connectivity index (χ2n) is 3.34. The van der Waals surface area contributed by atoms with Gasteiger partial charge in [0.25, 0.3) is 10.1 Å². The van der Waals surface area contributed by atoms with Crippen molar-refractivity contribution in [2.24, 2.45) is 0 Å². The largest absolute Gasteiger partial charge is 0.294 e. The van der Waals surface area contributed by atoms with Crippen LogP contribution in [0.1, 0.15) is 5.56 Å². The number of fused-ring (bicyclic) bond motifs is 1. The van der Waals surface area contributed by atoms with Crippen LogP contribution in [0.5, 0.6) is 0 Å². The maximum atomic E-state index is 10.9. The summed E-state index contributed by atoms with van der Waals surface area (Å²) >= 11 is 0. The minimum atomic E-state index is -4.14. The highest BCUT2D eigenvalue weighted by atomic mass is 32.2. The van der Waals surface area contributed by atoms with Crippen molar-refractivity contribution in [3.8, 4) is 0 Å². The lowest BCUT2D eigenvalue weighted by Crippen LogP contribution is -1.97. The Kier molecular flexibility index (Phi) is 2.21. The van der Waals surface area contributed by atoms with E-state index < -0.39 is 10.1 Å². The third-order valence-corrected chi connectivity index (χ3v) is 2.94. The molecule has 0 bridgehead atoms. The molecule has 0 atom stereocenters. The fourth-order valence-electron chi connectivity index (χ4n) is 1.37. The lowest BCUT2D eigenvalue weighted by molar-refractivity contribution is 0.483. The van der Waals surface area contributed by atoms with Crippen molar-refractivity contribution in [3.63, 3.8) is 0 Å². The van der Waals surface area contributed by atoms with Gasteiger partial charge in [-0.05, 0) is 30.7 Å². The number of pyridine rings is 1. The Hall–Kier alpha value is -1.46. The summed E-state index contributed by atoms with van der Waals surface area (Å²) in [5.41, 5.74) is 1.55. The van der Waals surface area contributed by atoms with E-state index in [1.54, 1.807) is 12.3 Å². The van der Waals surface area contributed by atoms with Crippen molar-refractivity contribution >= 4 is 21.0 Å². The third-order valence-electron chi connectivity index (χ3n) is 2.09. The highest BCUT2D eigenvalue weighted by molar-refractivity contribution is 7.85. The van der Waals surface area contributed by atoms with Crippen LogP contribution in [0.25, 0.3) is 10.9 Å². The Morgan fingerprint density at radius 2 is 2.00 bits per heavy atom. The molecule has 1 aromatic carbocycles. The van der Waals surface area contributed by atoms with Crippen LogP contribution in [0.2, 0.25) is 0 Å².